The summed E-state index contributed by atoms with van der Waals surface area (Å²) in [6.45, 7) is 37.1. The molecule has 3 N–H and O–H groups in total. The third kappa shape index (κ3) is 17.5. The van der Waals surface area contributed by atoms with Crippen molar-refractivity contribution >= 4 is 65.4 Å². The Balaban J connectivity index is 0.000000155. The van der Waals surface area contributed by atoms with Crippen molar-refractivity contribution in [2.24, 2.45) is 0 Å². The predicted octanol–water partition coefficient (Wildman–Crippen LogP) is 26.3. The number of aromatic nitrogens is 9. The fraction of sp³-hybridized carbons (Fsp3) is 0.208. The van der Waals surface area contributed by atoms with Crippen LogP contribution in [0.1, 0.15) is 143 Å². The minimum absolute atomic E-state index is 0. The fourth-order valence-corrected chi connectivity index (χ4v) is 15.7. The van der Waals surface area contributed by atoms with E-state index in [9.17, 15) is 15.3 Å². The van der Waals surface area contributed by atoms with Gasteiger partial charge in [0.15, 0.2) is 0 Å². The zero-order chi connectivity index (χ0) is 83.1. The van der Waals surface area contributed by atoms with Gasteiger partial charge in [-0.05, 0) is 221 Å². The van der Waals surface area contributed by atoms with Crippen LogP contribution in [0.15, 0.2) is 267 Å². The molecular weight excluding hydrogens is 2030 g/mol. The number of aromatic hydroxyl groups is 3. The Morgan fingerprint density at radius 2 is 0.620 bits per heavy atom. The third-order valence-corrected chi connectivity index (χ3v) is 22.3. The van der Waals surface area contributed by atoms with E-state index < -0.39 is 0 Å². The second-order valence-electron chi connectivity index (χ2n) is 36.1. The molecule has 0 amide bonds. The largest absolute Gasteiger partial charge is 0.507 e. The maximum Gasteiger partial charge on any atom is 0.136 e. The maximum absolute atomic E-state index is 11.6. The summed E-state index contributed by atoms with van der Waals surface area (Å²) in [7, 11) is 0. The van der Waals surface area contributed by atoms with Crippen LogP contribution in [0, 0.1) is 32.0 Å². The summed E-state index contributed by atoms with van der Waals surface area (Å²) in [6, 6.07) is 95.1. The van der Waals surface area contributed by atoms with Crippen LogP contribution in [-0.2, 0) is 90.3 Å². The maximum atomic E-state index is 11.6. The Hall–Kier alpha value is -11.3. The molecular formula is C106H98N9O3Pt3-3. The first-order valence-electron chi connectivity index (χ1n) is 40.4. The van der Waals surface area contributed by atoms with Crippen LogP contribution >= 0.6 is 0 Å². The average Bonchev–Trinajstić information content (AvgIpc) is 1.59. The number of phenolic OH excluding ortho intramolecular Hbond substituents is 3. The van der Waals surface area contributed by atoms with Crippen molar-refractivity contribution in [3.8, 4) is 102 Å². The van der Waals surface area contributed by atoms with Gasteiger partial charge in [0.05, 0.1) is 17.1 Å². The molecule has 9 heterocycles. The molecule has 0 aliphatic rings. The first kappa shape index (κ1) is 87.6. The van der Waals surface area contributed by atoms with Crippen molar-refractivity contribution < 1.29 is 78.5 Å². The number of nitrogens with zero attached hydrogens (tertiary/aromatic N) is 9. The van der Waals surface area contributed by atoms with Gasteiger partial charge in [0.1, 0.15) is 34.7 Å². The zero-order valence-electron chi connectivity index (χ0n) is 71.2. The van der Waals surface area contributed by atoms with Crippen molar-refractivity contribution in [2.75, 3.05) is 0 Å². The molecule has 0 radical (unpaired) electrons. The van der Waals surface area contributed by atoms with Crippen molar-refractivity contribution in [1.82, 2.24) is 43.6 Å². The first-order valence-corrected chi connectivity index (χ1v) is 40.4. The van der Waals surface area contributed by atoms with Crippen molar-refractivity contribution in [2.45, 2.75) is 145 Å². The molecule has 0 atom stereocenters. The van der Waals surface area contributed by atoms with Crippen LogP contribution in [-0.4, -0.2) is 58.9 Å². The normalized spacial score (nSPS) is 11.9. The third-order valence-electron chi connectivity index (χ3n) is 22.3. The number of phenols is 3. The van der Waals surface area contributed by atoms with E-state index in [0.717, 1.165) is 156 Å². The number of benzene rings is 9. The molecule has 0 fully saturated rings. The molecule has 0 aliphatic carbocycles. The van der Waals surface area contributed by atoms with Crippen LogP contribution in [0.5, 0.6) is 17.2 Å². The topological polar surface area (TPSA) is 153 Å². The summed E-state index contributed by atoms with van der Waals surface area (Å²) < 4.78 is 6.53. The second kappa shape index (κ2) is 34.3. The van der Waals surface area contributed by atoms with Crippen LogP contribution < -0.4 is 0 Å². The molecule has 9 aromatic carbocycles. The Morgan fingerprint density at radius 3 is 0.959 bits per heavy atom. The first-order chi connectivity index (χ1) is 56.2. The van der Waals surface area contributed by atoms with Crippen LogP contribution in [0.25, 0.3) is 150 Å². The molecule has 0 saturated carbocycles. The van der Waals surface area contributed by atoms with E-state index in [1.807, 2.05) is 160 Å². The smallest absolute Gasteiger partial charge is 0.136 e. The van der Waals surface area contributed by atoms with Crippen LogP contribution in [0.3, 0.4) is 0 Å². The van der Waals surface area contributed by atoms with Crippen LogP contribution in [0.2, 0.25) is 0 Å². The summed E-state index contributed by atoms with van der Waals surface area (Å²) in [5, 5.41) is 39.8. The Kier molecular flexibility index (Phi) is 24.8. The van der Waals surface area contributed by atoms with Crippen molar-refractivity contribution in [1.29, 1.82) is 0 Å². The minimum atomic E-state index is -0.230. The molecule has 121 heavy (non-hydrogen) atoms. The SMILES string of the molecule is CC(C)(C)c1cc(-c2cccc(-n3c4[c-]c(-c5ccccn5)ccc4c4cc(C(C)(C)C)ccc43)n2)c(O)c(C(C)(C)C)c1.CC(C)(C)c1ccc2c(c1)c1ccc(-c3ccccn3)[c-]c1n2-c1cccc(-c2ccccc2O)n1.Cc1cc(C)c(O)c(-c2cccc(-n3c4[c-]c(-c5ccccn5)ccc4c4cc(C(C)(C)C)ccc43)n2)c1.[Pt].[Pt].[Pt]. The van der Waals surface area contributed by atoms with Gasteiger partial charge in [-0.25, -0.2) is 15.0 Å². The van der Waals surface area contributed by atoms with E-state index in [1.54, 1.807) is 18.5 Å². The monoisotopic (exact) mass is 2130 g/mol. The molecule has 0 unspecified atom stereocenters. The van der Waals surface area contributed by atoms with Gasteiger partial charge in [-0.1, -0.05) is 235 Å². The molecule has 12 nitrogen and oxygen atoms in total. The predicted molar refractivity (Wildman–Crippen MR) is 486 cm³/mol. The molecule has 0 spiro atoms. The summed E-state index contributed by atoms with van der Waals surface area (Å²) in [5.74, 6) is 3.09. The van der Waals surface area contributed by atoms with E-state index in [1.165, 1.54) is 22.3 Å². The number of rotatable bonds is 9. The van der Waals surface area contributed by atoms with Gasteiger partial charge in [-0.15, -0.1) is 71.3 Å². The molecule has 618 valence electrons. The van der Waals surface area contributed by atoms with E-state index in [4.69, 9.17) is 15.0 Å². The molecule has 0 aliphatic heterocycles. The molecule has 15 heteroatoms. The van der Waals surface area contributed by atoms with E-state index in [0.29, 0.717) is 11.3 Å². The van der Waals surface area contributed by atoms with E-state index >= 15 is 0 Å². The summed E-state index contributed by atoms with van der Waals surface area (Å²) >= 11 is 0. The Bertz CT molecular complexity index is 6900. The van der Waals surface area contributed by atoms with E-state index in [2.05, 4.69) is 254 Å². The number of para-hydroxylation sites is 1. The second-order valence-corrected chi connectivity index (χ2v) is 36.1. The zero-order valence-corrected chi connectivity index (χ0v) is 78.0. The number of fused-ring (bicyclic) bond motifs is 9. The number of pyridine rings is 6. The molecule has 18 aromatic rings. The minimum Gasteiger partial charge on any atom is -0.507 e. The Morgan fingerprint density at radius 1 is 0.281 bits per heavy atom. The molecule has 0 bridgehead atoms. The number of hydrogen-bond donors (Lipinski definition) is 3. The average molecular weight is 2130 g/mol. The molecule has 18 rings (SSSR count). The number of hydrogen-bond acceptors (Lipinski definition) is 9. The number of aryl methyl sites for hydroxylation is 2. The van der Waals surface area contributed by atoms with Gasteiger partial charge < -0.3 is 44.0 Å². The van der Waals surface area contributed by atoms with Gasteiger partial charge in [0.2, 0.25) is 0 Å². The summed E-state index contributed by atoms with van der Waals surface area (Å²) in [6.07, 6.45) is 5.42. The fourth-order valence-electron chi connectivity index (χ4n) is 15.7. The van der Waals surface area contributed by atoms with Gasteiger partial charge in [0, 0.05) is 121 Å². The standard InChI is InChI=1S/C40H42N3O.C34H30N3O.C32H26N3O.3Pt/c1-38(2,3)26-17-19-34-29(22-26)28-18-16-25(32-13-10-11-20-41-32)21-35(28)43(34)36-15-12-14-33(42-36)30-23-27(39(4,5)6)24-31(37(30)44)40(7,8)9;1-21-17-22(2)33(38)27(18-21)29-10-8-11-32(36-29)37-30-15-13-24(34(3,4)5)20-26(30)25-14-12-23(19-31(25)37)28-9-6-7-16-35-28;1-32(2,3)22-15-17-28-25(20-22)23-16-14-21(26-10-6-7-18-33-26)19-29(23)35(28)31-13-8-11-27(34-31)24-9-4-5-12-30(24)36;;;/h10-20,22-24,44H,1-9H3;6-18,20,38H,1-5H3;4-18,20,36H,1-3H3;;;/q3*-1;;;. The van der Waals surface area contributed by atoms with Gasteiger partial charge in [-0.3, -0.25) is 0 Å². The quantitative estimate of drug-likeness (QED) is 0.120. The van der Waals surface area contributed by atoms with Crippen molar-refractivity contribution in [3.05, 3.63) is 324 Å². The van der Waals surface area contributed by atoms with Gasteiger partial charge in [0.25, 0.3) is 0 Å². The van der Waals surface area contributed by atoms with Crippen molar-refractivity contribution in [3.63, 3.8) is 0 Å². The van der Waals surface area contributed by atoms with Gasteiger partial charge in [-0.2, -0.15) is 0 Å². The summed E-state index contributed by atoms with van der Waals surface area (Å²) in [5.41, 5.74) is 23.4. The summed E-state index contributed by atoms with van der Waals surface area (Å²) in [4.78, 5) is 29.0. The van der Waals surface area contributed by atoms with Crippen LogP contribution in [0.4, 0.5) is 0 Å². The molecule has 9 aromatic heterocycles. The molecule has 0 saturated heterocycles. The Labute approximate surface area is 752 Å². The van der Waals surface area contributed by atoms with E-state index in [-0.39, 0.29) is 108 Å². The van der Waals surface area contributed by atoms with Gasteiger partial charge >= 0.3 is 0 Å².